The van der Waals surface area contributed by atoms with Gasteiger partial charge in [0.15, 0.2) is 11.5 Å². The SMILES string of the molecule is CCn1c(CCc2cccc(NC(=O)Cc3ccc(OC)c(OC)c3)c2)nc2ccccc21. The summed E-state index contributed by atoms with van der Waals surface area (Å²) in [7, 11) is 3.18. The molecule has 6 nitrogen and oxygen atoms in total. The molecule has 170 valence electrons. The van der Waals surface area contributed by atoms with Crippen molar-refractivity contribution in [2.24, 2.45) is 0 Å². The molecule has 0 saturated carbocycles. The highest BCUT2D eigenvalue weighted by molar-refractivity contribution is 5.92. The average Bonchev–Trinajstić information content (AvgIpc) is 3.20. The first kappa shape index (κ1) is 22.4. The van der Waals surface area contributed by atoms with Crippen LogP contribution < -0.4 is 14.8 Å². The molecular formula is C27H29N3O3. The van der Waals surface area contributed by atoms with Crippen LogP contribution in [-0.4, -0.2) is 29.7 Å². The summed E-state index contributed by atoms with van der Waals surface area (Å²) in [6, 6.07) is 21.8. The molecule has 0 aliphatic rings. The molecule has 1 amide bonds. The summed E-state index contributed by atoms with van der Waals surface area (Å²) in [5, 5.41) is 3.01. The number of nitrogens with one attached hydrogen (secondary N) is 1. The zero-order valence-corrected chi connectivity index (χ0v) is 19.3. The molecule has 1 aromatic heterocycles. The van der Waals surface area contributed by atoms with Crippen LogP contribution in [0.15, 0.2) is 66.7 Å². The maximum Gasteiger partial charge on any atom is 0.228 e. The number of methoxy groups -OCH3 is 2. The zero-order chi connectivity index (χ0) is 23.2. The number of hydrogen-bond acceptors (Lipinski definition) is 4. The van der Waals surface area contributed by atoms with Crippen molar-refractivity contribution in [2.75, 3.05) is 19.5 Å². The number of nitrogens with zero attached hydrogens (tertiary/aromatic N) is 2. The van der Waals surface area contributed by atoms with Crippen LogP contribution in [0.2, 0.25) is 0 Å². The summed E-state index contributed by atoms with van der Waals surface area (Å²) in [5.74, 6) is 2.27. The summed E-state index contributed by atoms with van der Waals surface area (Å²) in [5.41, 5.74) is 5.02. The van der Waals surface area contributed by atoms with E-state index in [0.29, 0.717) is 11.5 Å². The molecule has 0 aliphatic heterocycles. The van der Waals surface area contributed by atoms with Crippen LogP contribution in [0.1, 0.15) is 23.9 Å². The standard InChI is InChI=1S/C27H29N3O3/c1-4-30-23-11-6-5-10-22(23)29-26(30)15-13-19-8-7-9-21(16-19)28-27(31)18-20-12-14-24(32-2)25(17-20)33-3/h5-12,14,16-17H,4,13,15,18H2,1-3H3,(H,28,31). The van der Waals surface area contributed by atoms with Crippen molar-refractivity contribution in [3.05, 3.63) is 83.7 Å². The lowest BCUT2D eigenvalue weighted by molar-refractivity contribution is -0.115. The number of carbonyl (C=O) groups is 1. The molecule has 0 atom stereocenters. The van der Waals surface area contributed by atoms with Crippen molar-refractivity contribution in [1.29, 1.82) is 0 Å². The molecule has 0 bridgehead atoms. The molecule has 6 heteroatoms. The Morgan fingerprint density at radius 2 is 1.73 bits per heavy atom. The topological polar surface area (TPSA) is 65.4 Å². The minimum Gasteiger partial charge on any atom is -0.493 e. The van der Waals surface area contributed by atoms with Crippen molar-refractivity contribution in [1.82, 2.24) is 9.55 Å². The maximum absolute atomic E-state index is 12.6. The van der Waals surface area contributed by atoms with E-state index in [9.17, 15) is 4.79 Å². The van der Waals surface area contributed by atoms with Gasteiger partial charge in [-0.15, -0.1) is 0 Å². The van der Waals surface area contributed by atoms with Crippen molar-refractivity contribution in [3.8, 4) is 11.5 Å². The molecule has 0 radical (unpaired) electrons. The number of amides is 1. The first-order valence-electron chi connectivity index (χ1n) is 11.1. The Balaban J connectivity index is 1.40. The number of aromatic nitrogens is 2. The lowest BCUT2D eigenvalue weighted by Crippen LogP contribution is -2.14. The van der Waals surface area contributed by atoms with E-state index in [2.05, 4.69) is 35.0 Å². The minimum absolute atomic E-state index is 0.0767. The first-order valence-corrected chi connectivity index (χ1v) is 11.1. The molecule has 0 fully saturated rings. The molecule has 33 heavy (non-hydrogen) atoms. The van der Waals surface area contributed by atoms with Gasteiger partial charge in [-0.05, 0) is 60.9 Å². The normalized spacial score (nSPS) is 10.9. The first-order chi connectivity index (χ1) is 16.1. The fourth-order valence-electron chi connectivity index (χ4n) is 4.11. The summed E-state index contributed by atoms with van der Waals surface area (Å²) in [6.07, 6.45) is 1.94. The Morgan fingerprint density at radius 1 is 0.909 bits per heavy atom. The number of para-hydroxylation sites is 2. The second kappa shape index (κ2) is 10.2. The van der Waals surface area contributed by atoms with Gasteiger partial charge in [0.2, 0.25) is 5.91 Å². The van der Waals surface area contributed by atoms with E-state index < -0.39 is 0 Å². The predicted octanol–water partition coefficient (Wildman–Crippen LogP) is 5.04. The van der Waals surface area contributed by atoms with Crippen molar-refractivity contribution >= 4 is 22.6 Å². The fourth-order valence-corrected chi connectivity index (χ4v) is 4.11. The van der Waals surface area contributed by atoms with E-state index in [4.69, 9.17) is 14.5 Å². The fraction of sp³-hybridized carbons (Fsp3) is 0.259. The molecule has 3 aromatic carbocycles. The highest BCUT2D eigenvalue weighted by Crippen LogP contribution is 2.28. The summed E-state index contributed by atoms with van der Waals surface area (Å²) < 4.78 is 12.9. The molecular weight excluding hydrogens is 414 g/mol. The van der Waals surface area contributed by atoms with E-state index in [0.717, 1.165) is 47.5 Å². The molecule has 1 N–H and O–H groups in total. The van der Waals surface area contributed by atoms with Gasteiger partial charge in [0.05, 0.1) is 31.7 Å². The minimum atomic E-state index is -0.0767. The summed E-state index contributed by atoms with van der Waals surface area (Å²) >= 11 is 0. The quantitative estimate of drug-likeness (QED) is 0.394. The predicted molar refractivity (Wildman–Crippen MR) is 131 cm³/mol. The van der Waals surface area contributed by atoms with E-state index >= 15 is 0 Å². The number of imidazole rings is 1. The third-order valence-electron chi connectivity index (χ3n) is 5.71. The van der Waals surface area contributed by atoms with Crippen LogP contribution >= 0.6 is 0 Å². The highest BCUT2D eigenvalue weighted by Gasteiger charge is 2.11. The summed E-state index contributed by atoms with van der Waals surface area (Å²) in [6.45, 7) is 3.04. The highest BCUT2D eigenvalue weighted by atomic mass is 16.5. The van der Waals surface area contributed by atoms with Gasteiger partial charge in [-0.2, -0.15) is 0 Å². The number of benzene rings is 3. The average molecular weight is 444 g/mol. The van der Waals surface area contributed by atoms with Crippen LogP contribution in [0.4, 0.5) is 5.69 Å². The smallest absolute Gasteiger partial charge is 0.228 e. The maximum atomic E-state index is 12.6. The monoisotopic (exact) mass is 443 g/mol. The van der Waals surface area contributed by atoms with Gasteiger partial charge in [-0.3, -0.25) is 4.79 Å². The van der Waals surface area contributed by atoms with Gasteiger partial charge in [0.1, 0.15) is 5.82 Å². The number of hydrogen-bond donors (Lipinski definition) is 1. The van der Waals surface area contributed by atoms with Crippen LogP contribution in [0, 0.1) is 0 Å². The van der Waals surface area contributed by atoms with Gasteiger partial charge in [0, 0.05) is 18.7 Å². The zero-order valence-electron chi connectivity index (χ0n) is 19.3. The van der Waals surface area contributed by atoms with Gasteiger partial charge < -0.3 is 19.4 Å². The Morgan fingerprint density at radius 3 is 2.52 bits per heavy atom. The van der Waals surface area contributed by atoms with Crippen molar-refractivity contribution < 1.29 is 14.3 Å². The molecule has 0 spiro atoms. The molecule has 1 heterocycles. The lowest BCUT2D eigenvalue weighted by atomic mass is 10.1. The van der Waals surface area contributed by atoms with Gasteiger partial charge in [-0.25, -0.2) is 4.98 Å². The van der Waals surface area contributed by atoms with E-state index in [1.165, 1.54) is 5.52 Å². The van der Waals surface area contributed by atoms with E-state index in [-0.39, 0.29) is 12.3 Å². The van der Waals surface area contributed by atoms with Crippen molar-refractivity contribution in [2.45, 2.75) is 32.7 Å². The Bertz CT molecular complexity index is 1260. The molecule has 4 aromatic rings. The van der Waals surface area contributed by atoms with Crippen LogP contribution in [0.25, 0.3) is 11.0 Å². The van der Waals surface area contributed by atoms with Gasteiger partial charge in [0.25, 0.3) is 0 Å². The Kier molecular flexibility index (Phi) is 6.93. The third-order valence-corrected chi connectivity index (χ3v) is 5.71. The second-order valence-electron chi connectivity index (χ2n) is 7.88. The van der Waals surface area contributed by atoms with Crippen molar-refractivity contribution in [3.63, 3.8) is 0 Å². The summed E-state index contributed by atoms with van der Waals surface area (Å²) in [4.78, 5) is 17.4. The van der Waals surface area contributed by atoms with Crippen LogP contribution in [0.3, 0.4) is 0 Å². The Labute approximate surface area is 194 Å². The largest absolute Gasteiger partial charge is 0.493 e. The number of aryl methyl sites for hydroxylation is 3. The third kappa shape index (κ3) is 5.17. The number of rotatable bonds is 9. The van der Waals surface area contributed by atoms with Gasteiger partial charge in [-0.1, -0.05) is 30.3 Å². The Hall–Kier alpha value is -3.80. The lowest BCUT2D eigenvalue weighted by Gasteiger charge is -2.11. The molecule has 4 rings (SSSR count). The number of carbonyl (C=O) groups excluding carboxylic acids is 1. The molecule has 0 saturated heterocycles. The second-order valence-corrected chi connectivity index (χ2v) is 7.88. The van der Waals surface area contributed by atoms with E-state index in [1.807, 2.05) is 48.5 Å². The van der Waals surface area contributed by atoms with E-state index in [1.54, 1.807) is 14.2 Å². The van der Waals surface area contributed by atoms with Crippen LogP contribution in [0.5, 0.6) is 11.5 Å². The number of anilines is 1. The number of fused-ring (bicyclic) bond motifs is 1. The van der Waals surface area contributed by atoms with Crippen LogP contribution in [-0.2, 0) is 30.6 Å². The molecule has 0 unspecified atom stereocenters. The number of ether oxygens (including phenoxy) is 2. The molecule has 0 aliphatic carbocycles. The van der Waals surface area contributed by atoms with Gasteiger partial charge >= 0.3 is 0 Å².